The number of hydrogen-bond donors (Lipinski definition) is 1. The zero-order chi connectivity index (χ0) is 23.8. The maximum Gasteiger partial charge on any atom is 0.134 e. The molecule has 0 bridgehead atoms. The van der Waals surface area contributed by atoms with Gasteiger partial charge in [-0.2, -0.15) is 0 Å². The van der Waals surface area contributed by atoms with E-state index in [1.54, 1.807) is 12.1 Å². The summed E-state index contributed by atoms with van der Waals surface area (Å²) in [6.45, 7) is 5.92. The summed E-state index contributed by atoms with van der Waals surface area (Å²) in [5, 5.41) is 11.1. The van der Waals surface area contributed by atoms with Crippen LogP contribution in [0.25, 0.3) is 0 Å². The molecule has 7 nitrogen and oxygen atoms in total. The molecule has 34 heavy (non-hydrogen) atoms. The molecular weight excluding hydrogens is 437 g/mol. The van der Waals surface area contributed by atoms with E-state index in [0.29, 0.717) is 38.6 Å². The van der Waals surface area contributed by atoms with Crippen LogP contribution in [0.2, 0.25) is 0 Å². The fraction of sp³-hybridized carbons (Fsp3) is 0.423. The van der Waals surface area contributed by atoms with Gasteiger partial charge < -0.3 is 23.9 Å². The van der Waals surface area contributed by atoms with Crippen LogP contribution in [0.5, 0.6) is 11.5 Å². The number of β-amino-alcohol motifs (C(OH)–C–C–N with tert-alkyl or cyclic N) is 1. The number of nitrogens with zero attached hydrogens (tertiary/aromatic N) is 3. The lowest BCUT2D eigenvalue weighted by Gasteiger charge is -2.30. The summed E-state index contributed by atoms with van der Waals surface area (Å²) < 4.78 is 32.8. The van der Waals surface area contributed by atoms with E-state index in [9.17, 15) is 9.50 Å². The summed E-state index contributed by atoms with van der Waals surface area (Å²) in [5.74, 6) is 1.85. The van der Waals surface area contributed by atoms with Crippen LogP contribution in [0.15, 0.2) is 60.9 Å². The molecule has 2 heterocycles. The van der Waals surface area contributed by atoms with E-state index >= 15 is 0 Å². The second-order valence-corrected chi connectivity index (χ2v) is 8.75. The number of aryl methyl sites for hydroxylation is 2. The van der Waals surface area contributed by atoms with Gasteiger partial charge in [0.25, 0.3) is 0 Å². The van der Waals surface area contributed by atoms with Crippen LogP contribution in [0, 0.1) is 12.7 Å². The van der Waals surface area contributed by atoms with Crippen LogP contribution in [0.3, 0.4) is 0 Å². The second-order valence-electron chi connectivity index (χ2n) is 8.75. The molecule has 1 aliphatic rings. The van der Waals surface area contributed by atoms with Gasteiger partial charge in [0.15, 0.2) is 0 Å². The van der Waals surface area contributed by atoms with Gasteiger partial charge in [-0.1, -0.05) is 18.2 Å². The number of aromatic nitrogens is 2. The Morgan fingerprint density at radius 2 is 1.97 bits per heavy atom. The van der Waals surface area contributed by atoms with Crippen LogP contribution in [0.4, 0.5) is 4.39 Å². The van der Waals surface area contributed by atoms with E-state index in [4.69, 9.17) is 14.2 Å². The standard InChI is InChI=1S/C26H32FN3O4/c1-21-28-9-11-30(21)10-4-13-33-24-7-2-5-22(15-24)17-29-12-14-32-19-26(31,18-29)20-34-25-8-3-6-23(27)16-25/h2-3,5-9,11,15-16,31H,4,10,12-14,17-20H2,1H3/t26-/m1/s1. The van der Waals surface area contributed by atoms with E-state index in [1.165, 1.54) is 12.1 Å². The Balaban J connectivity index is 1.29. The van der Waals surface area contributed by atoms with E-state index in [0.717, 1.165) is 30.1 Å². The molecule has 0 amide bonds. The van der Waals surface area contributed by atoms with Crippen molar-refractivity contribution >= 4 is 0 Å². The first-order chi connectivity index (χ1) is 16.5. The minimum Gasteiger partial charge on any atom is -0.494 e. The Morgan fingerprint density at radius 3 is 2.76 bits per heavy atom. The number of ether oxygens (including phenoxy) is 3. The van der Waals surface area contributed by atoms with Crippen molar-refractivity contribution in [1.29, 1.82) is 0 Å². The Morgan fingerprint density at radius 1 is 1.15 bits per heavy atom. The molecule has 1 aromatic heterocycles. The van der Waals surface area contributed by atoms with Crippen molar-refractivity contribution in [2.24, 2.45) is 0 Å². The molecule has 4 rings (SSSR count). The molecule has 1 atom stereocenters. The molecule has 8 heteroatoms. The van der Waals surface area contributed by atoms with Crippen LogP contribution in [-0.2, 0) is 17.8 Å². The summed E-state index contributed by atoms with van der Waals surface area (Å²) in [5.41, 5.74) is -0.0965. The van der Waals surface area contributed by atoms with Crippen molar-refractivity contribution in [3.63, 3.8) is 0 Å². The fourth-order valence-electron chi connectivity index (χ4n) is 4.05. The lowest BCUT2D eigenvalue weighted by atomic mass is 10.1. The first-order valence-electron chi connectivity index (χ1n) is 11.6. The Hall–Kier alpha value is -2.94. The van der Waals surface area contributed by atoms with Crippen molar-refractivity contribution in [3.05, 3.63) is 78.1 Å². The summed E-state index contributed by atoms with van der Waals surface area (Å²) in [7, 11) is 0. The molecule has 3 aromatic rings. The molecule has 1 fully saturated rings. The molecular formula is C26H32FN3O4. The van der Waals surface area contributed by atoms with E-state index in [-0.39, 0.29) is 19.0 Å². The highest BCUT2D eigenvalue weighted by Crippen LogP contribution is 2.20. The first-order valence-corrected chi connectivity index (χ1v) is 11.6. The summed E-state index contributed by atoms with van der Waals surface area (Å²) in [6.07, 6.45) is 4.68. The van der Waals surface area contributed by atoms with Gasteiger partial charge in [-0.3, -0.25) is 4.90 Å². The van der Waals surface area contributed by atoms with Crippen molar-refractivity contribution in [1.82, 2.24) is 14.5 Å². The quantitative estimate of drug-likeness (QED) is 0.459. The summed E-state index contributed by atoms with van der Waals surface area (Å²) in [4.78, 5) is 6.38. The van der Waals surface area contributed by atoms with Crippen LogP contribution >= 0.6 is 0 Å². The largest absolute Gasteiger partial charge is 0.494 e. The van der Waals surface area contributed by atoms with Gasteiger partial charge in [0.1, 0.15) is 35.3 Å². The SMILES string of the molecule is Cc1nccn1CCCOc1cccc(CN2CCOC[C@@](O)(COc3cccc(F)c3)C2)c1. The zero-order valence-corrected chi connectivity index (χ0v) is 19.5. The average molecular weight is 470 g/mol. The third-order valence-corrected chi connectivity index (χ3v) is 5.78. The third kappa shape index (κ3) is 7.03. The molecule has 0 aliphatic carbocycles. The van der Waals surface area contributed by atoms with Gasteiger partial charge >= 0.3 is 0 Å². The van der Waals surface area contributed by atoms with Crippen LogP contribution in [0.1, 0.15) is 17.8 Å². The fourth-order valence-corrected chi connectivity index (χ4v) is 4.05. The highest BCUT2D eigenvalue weighted by atomic mass is 19.1. The Kier molecular flexibility index (Phi) is 8.16. The van der Waals surface area contributed by atoms with Gasteiger partial charge in [-0.25, -0.2) is 9.37 Å². The minimum atomic E-state index is -1.19. The highest BCUT2D eigenvalue weighted by Gasteiger charge is 2.33. The highest BCUT2D eigenvalue weighted by molar-refractivity contribution is 5.28. The average Bonchev–Trinajstić information content (AvgIpc) is 3.13. The van der Waals surface area contributed by atoms with Crippen molar-refractivity contribution < 1.29 is 23.7 Å². The summed E-state index contributed by atoms with van der Waals surface area (Å²) in [6, 6.07) is 13.9. The molecule has 182 valence electrons. The predicted octanol–water partition coefficient (Wildman–Crippen LogP) is 3.44. The van der Waals surface area contributed by atoms with E-state index < -0.39 is 5.60 Å². The predicted molar refractivity (Wildman–Crippen MR) is 126 cm³/mol. The van der Waals surface area contributed by atoms with Crippen LogP contribution < -0.4 is 9.47 Å². The van der Waals surface area contributed by atoms with E-state index in [1.807, 2.05) is 37.5 Å². The van der Waals surface area contributed by atoms with Crippen LogP contribution in [-0.4, -0.2) is 64.7 Å². The molecule has 2 aromatic carbocycles. The molecule has 0 unspecified atom stereocenters. The van der Waals surface area contributed by atoms with Gasteiger partial charge in [-0.05, 0) is 43.2 Å². The van der Waals surface area contributed by atoms with E-state index in [2.05, 4.69) is 20.5 Å². The van der Waals surface area contributed by atoms with Crippen molar-refractivity contribution in [2.75, 3.05) is 39.5 Å². The smallest absolute Gasteiger partial charge is 0.134 e. The number of benzene rings is 2. The molecule has 1 aliphatic heterocycles. The van der Waals surface area contributed by atoms with Crippen molar-refractivity contribution in [3.8, 4) is 11.5 Å². The molecule has 1 saturated heterocycles. The first kappa shape index (κ1) is 24.2. The van der Waals surface area contributed by atoms with Gasteiger partial charge in [0.05, 0.1) is 19.8 Å². The lowest BCUT2D eigenvalue weighted by Crippen LogP contribution is -2.48. The monoisotopic (exact) mass is 469 g/mol. The Bertz CT molecular complexity index is 1060. The maximum absolute atomic E-state index is 13.4. The maximum atomic E-state index is 13.4. The number of imidazole rings is 1. The lowest BCUT2D eigenvalue weighted by molar-refractivity contribution is -0.0647. The normalized spacial score (nSPS) is 19.0. The second kappa shape index (κ2) is 11.5. The number of hydrogen-bond acceptors (Lipinski definition) is 6. The van der Waals surface area contributed by atoms with Gasteiger partial charge in [0, 0.05) is 44.6 Å². The summed E-state index contributed by atoms with van der Waals surface area (Å²) >= 11 is 0. The van der Waals surface area contributed by atoms with Crippen molar-refractivity contribution in [2.45, 2.75) is 32.0 Å². The molecule has 0 radical (unpaired) electrons. The number of aliphatic hydroxyl groups is 1. The topological polar surface area (TPSA) is 69.0 Å². The minimum absolute atomic E-state index is 0.0203. The third-order valence-electron chi connectivity index (χ3n) is 5.78. The van der Waals surface area contributed by atoms with Gasteiger partial charge in [0.2, 0.25) is 0 Å². The number of halogens is 1. The molecule has 0 saturated carbocycles. The molecule has 0 spiro atoms. The van der Waals surface area contributed by atoms with Gasteiger partial charge in [-0.15, -0.1) is 0 Å². The number of rotatable bonds is 10. The Labute approximate surface area is 199 Å². The molecule has 1 N–H and O–H groups in total. The zero-order valence-electron chi connectivity index (χ0n) is 19.5.